The monoisotopic (exact) mass is 1030 g/mol. The summed E-state index contributed by atoms with van der Waals surface area (Å²) in [7, 11) is 0.864. The van der Waals surface area contributed by atoms with Gasteiger partial charge in [0.05, 0.1) is 43.6 Å². The van der Waals surface area contributed by atoms with E-state index in [-0.39, 0.29) is 51.5 Å². The van der Waals surface area contributed by atoms with E-state index in [0.29, 0.717) is 29.3 Å². The van der Waals surface area contributed by atoms with Crippen LogP contribution >= 0.6 is 23.2 Å². The van der Waals surface area contributed by atoms with Crippen molar-refractivity contribution in [2.45, 2.75) is 60.8 Å². The molecule has 0 aliphatic heterocycles. The molecule has 0 saturated heterocycles. The SMILES string of the molecule is COC(CN[C@@](Cc1ccccc1)(c1cc(F)cc(C(F)(F)F)c1)c1ccc(Cl)cn1)C(F)(F)F.OC(CN[C@@](Cc1ccccc1)(c1cc(F)cc(C(F)(F)F)c1)c1ccc(Cl)cn1)C(F)(F)F. The lowest BCUT2D eigenvalue weighted by atomic mass is 9.79. The van der Waals surface area contributed by atoms with Crippen molar-refractivity contribution in [3.05, 3.63) is 200 Å². The fourth-order valence-electron chi connectivity index (χ4n) is 7.24. The van der Waals surface area contributed by atoms with Gasteiger partial charge in [0.15, 0.2) is 12.2 Å². The summed E-state index contributed by atoms with van der Waals surface area (Å²) in [6, 6.07) is 25.5. The summed E-state index contributed by atoms with van der Waals surface area (Å²) in [4.78, 5) is 8.31. The van der Waals surface area contributed by atoms with Gasteiger partial charge in [0.25, 0.3) is 0 Å². The van der Waals surface area contributed by atoms with Crippen LogP contribution in [0.1, 0.15) is 44.8 Å². The first-order chi connectivity index (χ1) is 32.2. The minimum absolute atomic E-state index is 0.0196. The average molecular weight is 1030 g/mol. The molecule has 0 aliphatic rings. The highest BCUT2D eigenvalue weighted by molar-refractivity contribution is 6.30. The Bertz CT molecular complexity index is 2590. The quantitative estimate of drug-likeness (QED) is 0.0890. The second-order valence-corrected chi connectivity index (χ2v) is 16.3. The van der Waals surface area contributed by atoms with Crippen molar-refractivity contribution in [3.8, 4) is 0 Å². The molecule has 0 fully saturated rings. The van der Waals surface area contributed by atoms with Crippen LogP contribution in [0.25, 0.3) is 0 Å². The third-order valence-electron chi connectivity index (χ3n) is 10.6. The number of aliphatic hydroxyl groups is 1. The molecule has 22 heteroatoms. The van der Waals surface area contributed by atoms with Gasteiger partial charge in [-0.25, -0.2) is 8.78 Å². The molecular formula is C47H38Cl2F14N4O2. The molecule has 3 N–H and O–H groups in total. The fourth-order valence-corrected chi connectivity index (χ4v) is 7.46. The Morgan fingerprint density at radius 2 is 0.899 bits per heavy atom. The molecule has 370 valence electrons. The van der Waals surface area contributed by atoms with Gasteiger partial charge in [-0.1, -0.05) is 83.9 Å². The van der Waals surface area contributed by atoms with Gasteiger partial charge in [-0.2, -0.15) is 52.7 Å². The first-order valence-corrected chi connectivity index (χ1v) is 20.8. The molecule has 4 atom stereocenters. The van der Waals surface area contributed by atoms with Gasteiger partial charge >= 0.3 is 24.7 Å². The van der Waals surface area contributed by atoms with E-state index < -0.39 is 83.8 Å². The van der Waals surface area contributed by atoms with E-state index >= 15 is 0 Å². The van der Waals surface area contributed by atoms with Crippen molar-refractivity contribution >= 4 is 23.2 Å². The van der Waals surface area contributed by atoms with Crippen LogP contribution in [0.15, 0.2) is 134 Å². The van der Waals surface area contributed by atoms with Gasteiger partial charge in [0, 0.05) is 45.4 Å². The number of pyridine rings is 2. The second kappa shape index (κ2) is 22.1. The summed E-state index contributed by atoms with van der Waals surface area (Å²) in [5.74, 6) is -2.45. The number of hydrogen-bond acceptors (Lipinski definition) is 6. The van der Waals surface area contributed by atoms with Gasteiger partial charge in [0.1, 0.15) is 11.6 Å². The van der Waals surface area contributed by atoms with E-state index in [1.807, 2.05) is 0 Å². The van der Waals surface area contributed by atoms with E-state index in [2.05, 4.69) is 25.3 Å². The molecule has 0 saturated carbocycles. The van der Waals surface area contributed by atoms with Crippen LogP contribution < -0.4 is 10.6 Å². The minimum atomic E-state index is -5.00. The molecule has 2 heterocycles. The van der Waals surface area contributed by atoms with Gasteiger partial charge < -0.3 is 9.84 Å². The van der Waals surface area contributed by atoms with Crippen LogP contribution in [0, 0.1) is 11.6 Å². The molecule has 6 nitrogen and oxygen atoms in total. The molecule has 0 amide bonds. The van der Waals surface area contributed by atoms with Crippen molar-refractivity contribution in [1.29, 1.82) is 0 Å². The number of nitrogens with zero attached hydrogens (tertiary/aromatic N) is 2. The average Bonchev–Trinajstić information content (AvgIpc) is 3.27. The van der Waals surface area contributed by atoms with Gasteiger partial charge in [0.2, 0.25) is 0 Å². The maximum Gasteiger partial charge on any atom is 0.416 e. The molecular weight excluding hydrogens is 989 g/mol. The zero-order chi connectivity index (χ0) is 51.0. The smallest absolute Gasteiger partial charge is 0.382 e. The van der Waals surface area contributed by atoms with Crippen molar-refractivity contribution in [1.82, 2.24) is 20.6 Å². The number of ether oxygens (including phenoxy) is 1. The standard InChI is InChI=1S/C24H20ClF7N2O.C23H18ClF7N2O/c1-35-21(24(30,31)32)14-34-22(12-15-5-3-2-4-6-15,20-8-7-18(25)13-33-20)16-9-17(23(27,28)29)11-19(26)10-16;24-17-6-7-19(32-12-17)21(11-14-4-2-1-3-5-14,33-13-20(34)23(29,30)31)15-8-16(22(26,27)28)10-18(25)9-15/h2-11,13,21,34H,12,14H2,1H3;1-10,12,20,33-34H,11,13H2/t21?,22-;20?,21-/m00/s1. The highest BCUT2D eigenvalue weighted by atomic mass is 35.5. The minimum Gasteiger partial charge on any atom is -0.382 e. The van der Waals surface area contributed by atoms with Crippen molar-refractivity contribution in [2.75, 3.05) is 20.2 Å². The molecule has 0 spiro atoms. The molecule has 0 aliphatic carbocycles. The van der Waals surface area contributed by atoms with E-state index in [9.17, 15) is 66.6 Å². The van der Waals surface area contributed by atoms with Gasteiger partial charge in [-0.05, 0) is 82.9 Å². The number of aliphatic hydroxyl groups excluding tert-OH is 1. The largest absolute Gasteiger partial charge is 0.416 e. The molecule has 0 radical (unpaired) electrons. The van der Waals surface area contributed by atoms with E-state index in [4.69, 9.17) is 23.2 Å². The maximum absolute atomic E-state index is 14.5. The first-order valence-electron chi connectivity index (χ1n) is 20.1. The highest BCUT2D eigenvalue weighted by Crippen LogP contribution is 2.40. The summed E-state index contributed by atoms with van der Waals surface area (Å²) in [6.45, 7) is -1.95. The Balaban J connectivity index is 0.000000258. The zero-order valence-corrected chi connectivity index (χ0v) is 37.0. The maximum atomic E-state index is 14.5. The number of rotatable bonds is 15. The molecule has 2 aromatic heterocycles. The highest BCUT2D eigenvalue weighted by Gasteiger charge is 2.46. The van der Waals surface area contributed by atoms with Crippen LogP contribution in [0.3, 0.4) is 0 Å². The number of alkyl halides is 12. The zero-order valence-electron chi connectivity index (χ0n) is 35.5. The van der Waals surface area contributed by atoms with E-state index in [1.54, 1.807) is 60.7 Å². The molecule has 6 aromatic rings. The summed E-state index contributed by atoms with van der Waals surface area (Å²) in [6.07, 6.45) is -22.7. The lowest BCUT2D eigenvalue weighted by molar-refractivity contribution is -0.211. The van der Waals surface area contributed by atoms with Crippen LogP contribution in [-0.2, 0) is 41.0 Å². The Morgan fingerprint density at radius 1 is 0.522 bits per heavy atom. The van der Waals surface area contributed by atoms with Gasteiger partial charge in [-0.3, -0.25) is 20.6 Å². The number of hydrogen-bond donors (Lipinski definition) is 3. The van der Waals surface area contributed by atoms with Crippen LogP contribution in [0.5, 0.6) is 0 Å². The summed E-state index contributed by atoms with van der Waals surface area (Å²) < 4.78 is 194. The second-order valence-electron chi connectivity index (χ2n) is 15.4. The van der Waals surface area contributed by atoms with Crippen LogP contribution in [-0.4, -0.2) is 59.8 Å². The first kappa shape index (κ1) is 54.6. The topological polar surface area (TPSA) is 79.3 Å². The number of halogens is 16. The summed E-state index contributed by atoms with van der Waals surface area (Å²) >= 11 is 11.8. The Labute approximate surface area is 395 Å². The van der Waals surface area contributed by atoms with Gasteiger partial charge in [-0.15, -0.1) is 0 Å². The number of methoxy groups -OCH3 is 1. The Kier molecular flexibility index (Phi) is 17.5. The van der Waals surface area contributed by atoms with Crippen molar-refractivity contribution in [3.63, 3.8) is 0 Å². The third kappa shape index (κ3) is 14.4. The Hall–Kier alpha value is -5.38. The van der Waals surface area contributed by atoms with E-state index in [0.717, 1.165) is 19.2 Å². The molecule has 69 heavy (non-hydrogen) atoms. The van der Waals surface area contributed by atoms with Crippen LogP contribution in [0.4, 0.5) is 61.5 Å². The molecule has 0 bridgehead atoms. The predicted octanol–water partition coefficient (Wildman–Crippen LogP) is 12.4. The van der Waals surface area contributed by atoms with E-state index in [1.165, 1.54) is 36.7 Å². The fraction of sp³-hybridized carbons (Fsp3) is 0.277. The van der Waals surface area contributed by atoms with Crippen LogP contribution in [0.2, 0.25) is 10.0 Å². The van der Waals surface area contributed by atoms with Crippen molar-refractivity contribution < 1.29 is 71.3 Å². The molecule has 4 aromatic carbocycles. The summed E-state index contributed by atoms with van der Waals surface area (Å²) in [5, 5.41) is 15.2. The number of nitrogens with one attached hydrogen (secondary N) is 2. The Morgan fingerprint density at radius 3 is 1.22 bits per heavy atom. The number of benzene rings is 4. The molecule has 2 unspecified atom stereocenters. The molecule has 6 rings (SSSR count). The van der Waals surface area contributed by atoms with Crippen molar-refractivity contribution in [2.24, 2.45) is 0 Å². The normalized spacial score (nSPS) is 15.0. The lowest BCUT2D eigenvalue weighted by Crippen LogP contribution is -2.52. The number of aromatic nitrogens is 2. The third-order valence-corrected chi connectivity index (χ3v) is 11.1. The lowest BCUT2D eigenvalue weighted by Gasteiger charge is -2.37. The predicted molar refractivity (Wildman–Crippen MR) is 228 cm³/mol. The summed E-state index contributed by atoms with van der Waals surface area (Å²) in [5.41, 5.74) is -5.83.